The van der Waals surface area contributed by atoms with E-state index in [-0.39, 0.29) is 12.5 Å². The molecule has 4 nitrogen and oxygen atoms in total. The van der Waals surface area contributed by atoms with Crippen LogP contribution in [0.5, 0.6) is 0 Å². The monoisotopic (exact) mass is 257 g/mol. The van der Waals surface area contributed by atoms with Gasteiger partial charge in [0.15, 0.2) is 0 Å². The number of nitrogens with one attached hydrogen (secondary N) is 1. The van der Waals surface area contributed by atoms with Gasteiger partial charge in [0.1, 0.15) is 13.2 Å². The van der Waals surface area contributed by atoms with Crippen molar-refractivity contribution in [2.45, 2.75) is 25.9 Å². The van der Waals surface area contributed by atoms with E-state index < -0.39 is 25.3 Å². The molecule has 0 rings (SSSR count). The number of carbonyl (C=O) groups is 1. The molecule has 0 saturated carbocycles. The molecule has 0 aromatic carbocycles. The minimum Gasteiger partial charge on any atom is -0.396 e. The molecule has 0 aromatic heterocycles. The van der Waals surface area contributed by atoms with E-state index in [0.29, 0.717) is 13.0 Å². The maximum Gasteiger partial charge on any atom is 0.411 e. The predicted molar refractivity (Wildman–Crippen MR) is 55.4 cm³/mol. The van der Waals surface area contributed by atoms with Crippen LogP contribution in [0.25, 0.3) is 0 Å². The average molecular weight is 257 g/mol. The fourth-order valence-electron chi connectivity index (χ4n) is 1.08. The molecule has 1 unspecified atom stereocenters. The molecule has 2 N–H and O–H groups in total. The van der Waals surface area contributed by atoms with Crippen molar-refractivity contribution in [3.8, 4) is 0 Å². The molecule has 0 aromatic rings. The predicted octanol–water partition coefficient (Wildman–Crippen LogP) is 1.09. The molecule has 17 heavy (non-hydrogen) atoms. The first kappa shape index (κ1) is 16.2. The second kappa shape index (κ2) is 8.30. The van der Waals surface area contributed by atoms with Crippen LogP contribution < -0.4 is 5.32 Å². The van der Waals surface area contributed by atoms with Crippen LogP contribution in [-0.4, -0.2) is 43.6 Å². The highest BCUT2D eigenvalue weighted by Crippen LogP contribution is 2.14. The van der Waals surface area contributed by atoms with Crippen LogP contribution in [-0.2, 0) is 9.53 Å². The van der Waals surface area contributed by atoms with E-state index in [9.17, 15) is 18.0 Å². The normalized spacial score (nSPS) is 13.5. The van der Waals surface area contributed by atoms with Crippen molar-refractivity contribution in [3.05, 3.63) is 0 Å². The Balaban J connectivity index is 3.41. The fourth-order valence-corrected chi connectivity index (χ4v) is 1.08. The van der Waals surface area contributed by atoms with Crippen molar-refractivity contribution < 1.29 is 27.8 Å². The summed E-state index contributed by atoms with van der Waals surface area (Å²) in [5, 5.41) is 11.2. The Hall–Kier alpha value is -0.820. The molecule has 0 heterocycles. The van der Waals surface area contributed by atoms with Crippen molar-refractivity contribution in [1.29, 1.82) is 0 Å². The standard InChI is InChI=1S/C10H18F3NO3/c1-8(5-15)3-2-4-14-9(16)6-17-7-10(11,12)13/h8,15H,2-7H2,1H3,(H,14,16). The summed E-state index contributed by atoms with van der Waals surface area (Å²) in [6, 6.07) is 0. The van der Waals surface area contributed by atoms with E-state index in [1.54, 1.807) is 0 Å². The summed E-state index contributed by atoms with van der Waals surface area (Å²) in [5.74, 6) is -0.403. The van der Waals surface area contributed by atoms with Crippen LogP contribution >= 0.6 is 0 Å². The second-order valence-corrected chi connectivity index (χ2v) is 3.89. The highest BCUT2D eigenvalue weighted by Gasteiger charge is 2.27. The molecule has 0 bridgehead atoms. The number of alkyl halides is 3. The zero-order valence-electron chi connectivity index (χ0n) is 9.72. The number of aliphatic hydroxyl groups is 1. The number of ether oxygens (including phenoxy) is 1. The van der Waals surface area contributed by atoms with E-state index >= 15 is 0 Å². The Morgan fingerprint density at radius 2 is 2.12 bits per heavy atom. The minimum atomic E-state index is -4.41. The van der Waals surface area contributed by atoms with Gasteiger partial charge in [0, 0.05) is 13.2 Å². The topological polar surface area (TPSA) is 58.6 Å². The number of halogens is 3. The lowest BCUT2D eigenvalue weighted by Crippen LogP contribution is -2.30. The number of aliphatic hydroxyl groups excluding tert-OH is 1. The first-order chi connectivity index (χ1) is 7.85. The van der Waals surface area contributed by atoms with Crippen molar-refractivity contribution in [1.82, 2.24) is 5.32 Å². The number of amides is 1. The highest BCUT2D eigenvalue weighted by molar-refractivity contribution is 5.77. The van der Waals surface area contributed by atoms with Crippen molar-refractivity contribution in [2.75, 3.05) is 26.4 Å². The largest absolute Gasteiger partial charge is 0.411 e. The molecule has 0 aliphatic carbocycles. The van der Waals surface area contributed by atoms with Crippen molar-refractivity contribution >= 4 is 5.91 Å². The zero-order chi connectivity index (χ0) is 13.3. The molecule has 0 saturated heterocycles. The zero-order valence-corrected chi connectivity index (χ0v) is 9.72. The van der Waals surface area contributed by atoms with E-state index in [4.69, 9.17) is 5.11 Å². The van der Waals surface area contributed by atoms with Crippen LogP contribution in [0.3, 0.4) is 0 Å². The molecule has 102 valence electrons. The molecular weight excluding hydrogens is 239 g/mol. The Labute approximate surface area is 98.1 Å². The number of carbonyl (C=O) groups excluding carboxylic acids is 1. The van der Waals surface area contributed by atoms with Crippen LogP contribution in [0.15, 0.2) is 0 Å². The number of hydrogen-bond acceptors (Lipinski definition) is 3. The van der Waals surface area contributed by atoms with Crippen LogP contribution in [0.2, 0.25) is 0 Å². The third-order valence-corrected chi connectivity index (χ3v) is 2.01. The van der Waals surface area contributed by atoms with E-state index in [1.165, 1.54) is 0 Å². The molecule has 1 atom stereocenters. The van der Waals surface area contributed by atoms with E-state index in [1.807, 2.05) is 6.92 Å². The molecule has 7 heteroatoms. The van der Waals surface area contributed by atoms with Crippen LogP contribution in [0, 0.1) is 5.92 Å². The summed E-state index contributed by atoms with van der Waals surface area (Å²) < 4.78 is 39.2. The number of hydrogen-bond donors (Lipinski definition) is 2. The summed E-state index contributed by atoms with van der Waals surface area (Å²) in [6.07, 6.45) is -2.98. The Morgan fingerprint density at radius 1 is 1.47 bits per heavy atom. The Morgan fingerprint density at radius 3 is 2.65 bits per heavy atom. The first-order valence-corrected chi connectivity index (χ1v) is 5.37. The van der Waals surface area contributed by atoms with Gasteiger partial charge >= 0.3 is 6.18 Å². The summed E-state index contributed by atoms with van der Waals surface area (Å²) in [7, 11) is 0. The van der Waals surface area contributed by atoms with E-state index in [2.05, 4.69) is 10.1 Å². The molecule has 0 fully saturated rings. The summed E-state index contributed by atoms with van der Waals surface area (Å²) in [4.78, 5) is 11.0. The lowest BCUT2D eigenvalue weighted by Gasteiger charge is -2.09. The fraction of sp³-hybridized carbons (Fsp3) is 0.900. The average Bonchev–Trinajstić information content (AvgIpc) is 2.22. The van der Waals surface area contributed by atoms with Gasteiger partial charge in [-0.05, 0) is 18.8 Å². The van der Waals surface area contributed by atoms with Gasteiger partial charge in [0.2, 0.25) is 5.91 Å². The third kappa shape index (κ3) is 11.4. The van der Waals surface area contributed by atoms with Gasteiger partial charge in [-0.3, -0.25) is 4.79 Å². The molecule has 0 aliphatic rings. The van der Waals surface area contributed by atoms with Crippen molar-refractivity contribution in [2.24, 2.45) is 5.92 Å². The van der Waals surface area contributed by atoms with Gasteiger partial charge < -0.3 is 15.2 Å². The molecule has 0 radical (unpaired) electrons. The molecule has 0 aliphatic heterocycles. The Bertz CT molecular complexity index is 221. The maximum absolute atomic E-state index is 11.7. The van der Waals surface area contributed by atoms with Gasteiger partial charge in [-0.2, -0.15) is 13.2 Å². The van der Waals surface area contributed by atoms with E-state index in [0.717, 1.165) is 6.42 Å². The van der Waals surface area contributed by atoms with Crippen LogP contribution in [0.1, 0.15) is 19.8 Å². The SMILES string of the molecule is CC(CO)CCCNC(=O)COCC(F)(F)F. The van der Waals surface area contributed by atoms with Crippen LogP contribution in [0.4, 0.5) is 13.2 Å². The summed E-state index contributed by atoms with van der Waals surface area (Å²) in [6.45, 7) is 0.326. The van der Waals surface area contributed by atoms with Gasteiger partial charge in [-0.25, -0.2) is 0 Å². The highest BCUT2D eigenvalue weighted by atomic mass is 19.4. The lowest BCUT2D eigenvalue weighted by atomic mass is 10.1. The third-order valence-electron chi connectivity index (χ3n) is 2.01. The van der Waals surface area contributed by atoms with Crippen molar-refractivity contribution in [3.63, 3.8) is 0 Å². The summed E-state index contributed by atoms with van der Waals surface area (Å²) in [5.41, 5.74) is 0. The van der Waals surface area contributed by atoms with Gasteiger partial charge in [0.05, 0.1) is 0 Å². The number of rotatable bonds is 8. The minimum absolute atomic E-state index is 0.0860. The first-order valence-electron chi connectivity index (χ1n) is 5.37. The molecule has 1 amide bonds. The summed E-state index contributed by atoms with van der Waals surface area (Å²) >= 11 is 0. The maximum atomic E-state index is 11.7. The van der Waals surface area contributed by atoms with Gasteiger partial charge in [0.25, 0.3) is 0 Å². The smallest absolute Gasteiger partial charge is 0.396 e. The molecular formula is C10H18F3NO3. The lowest BCUT2D eigenvalue weighted by molar-refractivity contribution is -0.175. The molecule has 0 spiro atoms. The quantitative estimate of drug-likeness (QED) is 0.640. The second-order valence-electron chi connectivity index (χ2n) is 3.89. The van der Waals surface area contributed by atoms with Gasteiger partial charge in [-0.1, -0.05) is 6.92 Å². The van der Waals surface area contributed by atoms with Gasteiger partial charge in [-0.15, -0.1) is 0 Å². The Kier molecular flexibility index (Phi) is 7.90.